The first-order valence-electron chi connectivity index (χ1n) is 6.32. The van der Waals surface area contributed by atoms with Crippen molar-refractivity contribution in [2.75, 3.05) is 18.8 Å². The number of hydrogen-bond donors (Lipinski definition) is 2. The summed E-state index contributed by atoms with van der Waals surface area (Å²) in [5, 5.41) is 9.99. The average Bonchev–Trinajstić information content (AvgIpc) is 2.52. The molecule has 0 saturated carbocycles. The maximum Gasteiger partial charge on any atom is 0.257 e. The molecule has 0 spiro atoms. The van der Waals surface area contributed by atoms with Crippen molar-refractivity contribution in [3.8, 4) is 0 Å². The van der Waals surface area contributed by atoms with Gasteiger partial charge in [0.2, 0.25) is 0 Å². The largest absolute Gasteiger partial charge is 0.390 e. The molecule has 2 heterocycles. The molecule has 1 unspecified atom stereocenters. The molecule has 19 heavy (non-hydrogen) atoms. The summed E-state index contributed by atoms with van der Waals surface area (Å²) in [5.41, 5.74) is 4.95. The van der Waals surface area contributed by atoms with Gasteiger partial charge in [0.05, 0.1) is 17.4 Å². The molecule has 1 aromatic heterocycles. The number of likely N-dealkylation sites (tertiary alicyclic amines) is 1. The first-order valence-corrected chi connectivity index (χ1v) is 6.32. The van der Waals surface area contributed by atoms with Crippen molar-refractivity contribution in [2.45, 2.75) is 31.8 Å². The van der Waals surface area contributed by atoms with Crippen LogP contribution in [0.4, 0.5) is 10.2 Å². The predicted octanol–water partition coefficient (Wildman–Crippen LogP) is 1.18. The Morgan fingerprint density at radius 2 is 2.26 bits per heavy atom. The molecular weight excluding hydrogens is 249 g/mol. The minimum Gasteiger partial charge on any atom is -0.390 e. The minimum absolute atomic E-state index is 0.0300. The lowest BCUT2D eigenvalue weighted by molar-refractivity contribution is 0.0438. The van der Waals surface area contributed by atoms with E-state index in [9.17, 15) is 14.3 Å². The average molecular weight is 267 g/mol. The van der Waals surface area contributed by atoms with E-state index in [4.69, 9.17) is 5.73 Å². The quantitative estimate of drug-likeness (QED) is 0.800. The molecule has 6 heteroatoms. The molecule has 1 amide bonds. The summed E-state index contributed by atoms with van der Waals surface area (Å²) in [4.78, 5) is 17.5. The zero-order valence-electron chi connectivity index (χ0n) is 10.9. The highest BCUT2D eigenvalue weighted by molar-refractivity contribution is 5.98. The van der Waals surface area contributed by atoms with Crippen molar-refractivity contribution in [2.24, 2.45) is 0 Å². The van der Waals surface area contributed by atoms with Gasteiger partial charge in [-0.15, -0.1) is 0 Å². The van der Waals surface area contributed by atoms with E-state index in [2.05, 4.69) is 4.98 Å². The van der Waals surface area contributed by atoms with Gasteiger partial charge in [-0.05, 0) is 32.3 Å². The Hall–Kier alpha value is -1.69. The van der Waals surface area contributed by atoms with Gasteiger partial charge in [-0.2, -0.15) is 0 Å². The molecule has 3 N–H and O–H groups in total. The van der Waals surface area contributed by atoms with Gasteiger partial charge in [-0.25, -0.2) is 9.37 Å². The van der Waals surface area contributed by atoms with Crippen LogP contribution >= 0.6 is 0 Å². The second kappa shape index (κ2) is 5.13. The van der Waals surface area contributed by atoms with E-state index >= 15 is 0 Å². The Morgan fingerprint density at radius 3 is 3.00 bits per heavy atom. The van der Waals surface area contributed by atoms with Crippen molar-refractivity contribution < 1.29 is 14.3 Å². The predicted molar refractivity (Wildman–Crippen MR) is 69.0 cm³/mol. The van der Waals surface area contributed by atoms with Crippen molar-refractivity contribution >= 4 is 11.7 Å². The van der Waals surface area contributed by atoms with Gasteiger partial charge >= 0.3 is 0 Å². The number of nitrogens with zero attached hydrogens (tertiary/aromatic N) is 2. The number of amides is 1. The summed E-state index contributed by atoms with van der Waals surface area (Å²) >= 11 is 0. The zero-order valence-corrected chi connectivity index (χ0v) is 10.9. The molecule has 0 bridgehead atoms. The van der Waals surface area contributed by atoms with E-state index in [0.29, 0.717) is 32.4 Å². The van der Waals surface area contributed by atoms with Crippen molar-refractivity contribution in [1.29, 1.82) is 0 Å². The highest BCUT2D eigenvalue weighted by atomic mass is 19.1. The summed E-state index contributed by atoms with van der Waals surface area (Å²) in [5.74, 6) is -0.885. The second-order valence-corrected chi connectivity index (χ2v) is 5.23. The fourth-order valence-corrected chi connectivity index (χ4v) is 2.26. The third-order valence-electron chi connectivity index (χ3n) is 3.47. The molecule has 1 saturated heterocycles. The van der Waals surface area contributed by atoms with E-state index in [1.165, 1.54) is 0 Å². The minimum atomic E-state index is -0.749. The third-order valence-corrected chi connectivity index (χ3v) is 3.47. The second-order valence-electron chi connectivity index (χ2n) is 5.23. The summed E-state index contributed by atoms with van der Waals surface area (Å²) in [7, 11) is 0. The van der Waals surface area contributed by atoms with Crippen LogP contribution in [0.5, 0.6) is 0 Å². The van der Waals surface area contributed by atoms with Crippen molar-refractivity contribution in [3.05, 3.63) is 23.6 Å². The van der Waals surface area contributed by atoms with Gasteiger partial charge in [0, 0.05) is 13.1 Å². The van der Waals surface area contributed by atoms with E-state index in [0.717, 1.165) is 12.3 Å². The van der Waals surface area contributed by atoms with Gasteiger partial charge in [-0.3, -0.25) is 4.79 Å². The number of halogens is 1. The van der Waals surface area contributed by atoms with Crippen LogP contribution in [0.15, 0.2) is 12.3 Å². The number of aromatic nitrogens is 1. The maximum atomic E-state index is 13.1. The fourth-order valence-electron chi connectivity index (χ4n) is 2.26. The molecular formula is C13H18FN3O2. The number of hydrogen-bond acceptors (Lipinski definition) is 4. The summed E-state index contributed by atoms with van der Waals surface area (Å²) in [6.45, 7) is 2.73. The smallest absolute Gasteiger partial charge is 0.257 e. The van der Waals surface area contributed by atoms with Crippen LogP contribution in [-0.2, 0) is 0 Å². The molecule has 5 nitrogen and oxygen atoms in total. The Balaban J connectivity index is 2.17. The highest BCUT2D eigenvalue weighted by Gasteiger charge is 2.28. The lowest BCUT2D eigenvalue weighted by Gasteiger charge is -2.23. The monoisotopic (exact) mass is 267 g/mol. The topological polar surface area (TPSA) is 79.5 Å². The number of anilines is 1. The van der Waals surface area contributed by atoms with Crippen molar-refractivity contribution in [3.63, 3.8) is 0 Å². The first-order chi connectivity index (χ1) is 8.89. The molecule has 104 valence electrons. The normalized spacial score (nSPS) is 24.1. The van der Waals surface area contributed by atoms with Crippen LogP contribution in [0.3, 0.4) is 0 Å². The molecule has 0 aromatic carbocycles. The van der Waals surface area contributed by atoms with Gasteiger partial charge in [0.1, 0.15) is 11.6 Å². The van der Waals surface area contributed by atoms with Crippen LogP contribution < -0.4 is 5.73 Å². The van der Waals surface area contributed by atoms with E-state index in [1.807, 2.05) is 0 Å². The number of nitrogens with two attached hydrogens (primary N) is 1. The van der Waals surface area contributed by atoms with Crippen LogP contribution in [0.2, 0.25) is 0 Å². The molecule has 2 rings (SSSR count). The van der Waals surface area contributed by atoms with Gasteiger partial charge < -0.3 is 15.7 Å². The SMILES string of the molecule is CC1(O)CCCN(C(=O)c2cc(F)cnc2N)CC1. The molecule has 0 radical (unpaired) electrons. The van der Waals surface area contributed by atoms with Gasteiger partial charge in [0.15, 0.2) is 0 Å². The third kappa shape index (κ3) is 3.20. The lowest BCUT2D eigenvalue weighted by atomic mass is 9.98. The molecule has 1 fully saturated rings. The molecule has 0 aliphatic carbocycles. The molecule has 1 aliphatic rings. The Labute approximate surface area is 111 Å². The number of carbonyl (C=O) groups is 1. The van der Waals surface area contributed by atoms with E-state index < -0.39 is 11.4 Å². The van der Waals surface area contributed by atoms with Crippen LogP contribution in [0.25, 0.3) is 0 Å². The number of nitrogen functional groups attached to an aromatic ring is 1. The van der Waals surface area contributed by atoms with Crippen LogP contribution in [0, 0.1) is 5.82 Å². The van der Waals surface area contributed by atoms with E-state index in [-0.39, 0.29) is 17.3 Å². The molecule has 1 atom stereocenters. The standard InChI is InChI=1S/C13H18FN3O2/c1-13(19)3-2-5-17(6-4-13)12(18)10-7-9(14)8-16-11(10)15/h7-8,19H,2-6H2,1H3,(H2,15,16). The summed E-state index contributed by atoms with van der Waals surface area (Å²) < 4.78 is 13.1. The summed E-state index contributed by atoms with van der Waals surface area (Å²) in [6.07, 6.45) is 2.84. The molecule has 1 aromatic rings. The van der Waals surface area contributed by atoms with Crippen LogP contribution in [0.1, 0.15) is 36.5 Å². The fraction of sp³-hybridized carbons (Fsp3) is 0.538. The number of carbonyl (C=O) groups excluding carboxylic acids is 1. The first kappa shape index (κ1) is 13.7. The zero-order chi connectivity index (χ0) is 14.0. The number of aliphatic hydroxyl groups is 1. The lowest BCUT2D eigenvalue weighted by Crippen LogP contribution is -2.34. The highest BCUT2D eigenvalue weighted by Crippen LogP contribution is 2.23. The van der Waals surface area contributed by atoms with E-state index in [1.54, 1.807) is 11.8 Å². The molecule has 1 aliphatic heterocycles. The van der Waals surface area contributed by atoms with Gasteiger partial charge in [0.25, 0.3) is 5.91 Å². The Bertz CT molecular complexity index is 491. The van der Waals surface area contributed by atoms with Crippen LogP contribution in [-0.4, -0.2) is 39.6 Å². The maximum absolute atomic E-state index is 13.1. The number of pyridine rings is 1. The Morgan fingerprint density at radius 1 is 1.53 bits per heavy atom. The van der Waals surface area contributed by atoms with Gasteiger partial charge in [-0.1, -0.05) is 0 Å². The Kier molecular flexibility index (Phi) is 3.71. The number of rotatable bonds is 1. The summed E-state index contributed by atoms with van der Waals surface area (Å²) in [6, 6.07) is 1.10. The van der Waals surface area contributed by atoms with Crippen molar-refractivity contribution in [1.82, 2.24) is 9.88 Å².